The van der Waals surface area contributed by atoms with Crippen LogP contribution in [-0.2, 0) is 4.79 Å². The van der Waals surface area contributed by atoms with Crippen LogP contribution < -0.4 is 4.90 Å². The van der Waals surface area contributed by atoms with Crippen molar-refractivity contribution in [2.24, 2.45) is 0 Å². The Morgan fingerprint density at radius 2 is 2.04 bits per heavy atom. The fourth-order valence-corrected chi connectivity index (χ4v) is 4.59. The van der Waals surface area contributed by atoms with Crippen LogP contribution in [0.1, 0.15) is 22.4 Å². The standard InChI is InChI=1S/C17H15ClN4O2S/c1-10-8-13(20-24-10)21-14(23)9-25-17(21)15-11(2)19-22(16(15)18)12-6-4-3-5-7-12/h3-8,17H,9H2,1-2H3. The first-order chi connectivity index (χ1) is 12.1. The maximum absolute atomic E-state index is 12.4. The normalized spacial score (nSPS) is 17.5. The Hall–Kier alpha value is -2.25. The van der Waals surface area contributed by atoms with Gasteiger partial charge in [-0.25, -0.2) is 4.68 Å². The molecule has 1 unspecified atom stereocenters. The van der Waals surface area contributed by atoms with Gasteiger partial charge in [0.05, 0.1) is 17.1 Å². The van der Waals surface area contributed by atoms with E-state index in [1.807, 2.05) is 37.3 Å². The molecule has 1 saturated heterocycles. The fraction of sp³-hybridized carbons (Fsp3) is 0.235. The third kappa shape index (κ3) is 2.73. The molecular formula is C17H15ClN4O2S. The molecule has 0 bridgehead atoms. The zero-order chi connectivity index (χ0) is 17.6. The molecule has 4 rings (SSSR count). The first-order valence-corrected chi connectivity index (χ1v) is 9.16. The topological polar surface area (TPSA) is 64.2 Å². The molecule has 6 nitrogen and oxygen atoms in total. The average molecular weight is 375 g/mol. The lowest BCUT2D eigenvalue weighted by Gasteiger charge is -2.21. The quantitative estimate of drug-likeness (QED) is 0.695. The van der Waals surface area contributed by atoms with Gasteiger partial charge < -0.3 is 4.52 Å². The summed E-state index contributed by atoms with van der Waals surface area (Å²) in [5.74, 6) is 1.50. The highest BCUT2D eigenvalue weighted by molar-refractivity contribution is 8.00. The lowest BCUT2D eigenvalue weighted by Crippen LogP contribution is -2.28. The van der Waals surface area contributed by atoms with E-state index in [4.69, 9.17) is 16.1 Å². The summed E-state index contributed by atoms with van der Waals surface area (Å²) in [4.78, 5) is 14.1. The molecule has 0 radical (unpaired) electrons. The molecule has 1 fully saturated rings. The summed E-state index contributed by atoms with van der Waals surface area (Å²) < 4.78 is 6.83. The van der Waals surface area contributed by atoms with Gasteiger partial charge in [0.15, 0.2) is 5.82 Å². The van der Waals surface area contributed by atoms with E-state index in [0.29, 0.717) is 22.5 Å². The first-order valence-electron chi connectivity index (χ1n) is 7.73. The minimum Gasteiger partial charge on any atom is -0.360 e. The summed E-state index contributed by atoms with van der Waals surface area (Å²) >= 11 is 8.16. The average Bonchev–Trinajstić information content (AvgIpc) is 3.26. The van der Waals surface area contributed by atoms with Gasteiger partial charge in [0.1, 0.15) is 16.3 Å². The number of anilines is 1. The van der Waals surface area contributed by atoms with Crippen LogP contribution in [0.15, 0.2) is 40.9 Å². The molecule has 0 aliphatic carbocycles. The van der Waals surface area contributed by atoms with Crippen molar-refractivity contribution in [3.8, 4) is 5.69 Å². The number of para-hydroxylation sites is 1. The second-order valence-electron chi connectivity index (χ2n) is 5.76. The summed E-state index contributed by atoms with van der Waals surface area (Å²) in [5, 5.41) is 8.79. The zero-order valence-electron chi connectivity index (χ0n) is 13.6. The van der Waals surface area contributed by atoms with Gasteiger partial charge >= 0.3 is 0 Å². The van der Waals surface area contributed by atoms with E-state index in [1.54, 1.807) is 22.6 Å². The highest BCUT2D eigenvalue weighted by Crippen LogP contribution is 2.45. The number of hydrogen-bond donors (Lipinski definition) is 0. The number of amides is 1. The second-order valence-corrected chi connectivity index (χ2v) is 7.19. The van der Waals surface area contributed by atoms with E-state index >= 15 is 0 Å². The second kappa shape index (κ2) is 6.24. The van der Waals surface area contributed by atoms with E-state index < -0.39 is 0 Å². The molecule has 1 aliphatic heterocycles. The number of carbonyl (C=O) groups is 1. The minimum atomic E-state index is -0.276. The zero-order valence-corrected chi connectivity index (χ0v) is 15.2. The Morgan fingerprint density at radius 1 is 1.28 bits per heavy atom. The highest BCUT2D eigenvalue weighted by atomic mass is 35.5. The van der Waals surface area contributed by atoms with Crippen molar-refractivity contribution in [1.82, 2.24) is 14.9 Å². The van der Waals surface area contributed by atoms with Gasteiger partial charge in [-0.15, -0.1) is 11.8 Å². The molecule has 0 spiro atoms. The predicted octanol–water partition coefficient (Wildman–Crippen LogP) is 3.91. The van der Waals surface area contributed by atoms with Crippen LogP contribution in [0.25, 0.3) is 5.69 Å². The third-order valence-electron chi connectivity index (χ3n) is 4.03. The number of halogens is 1. The van der Waals surface area contributed by atoms with Gasteiger partial charge in [0.2, 0.25) is 5.91 Å². The number of rotatable bonds is 3. The van der Waals surface area contributed by atoms with Crippen molar-refractivity contribution in [3.05, 3.63) is 58.6 Å². The third-order valence-corrected chi connectivity index (χ3v) is 5.57. The molecule has 0 N–H and O–H groups in total. The summed E-state index contributed by atoms with van der Waals surface area (Å²) in [6.45, 7) is 3.70. The Labute approximate surface area is 153 Å². The van der Waals surface area contributed by atoms with E-state index in [0.717, 1.165) is 16.9 Å². The van der Waals surface area contributed by atoms with Crippen LogP contribution in [0, 0.1) is 13.8 Å². The molecule has 1 amide bonds. The Morgan fingerprint density at radius 3 is 2.72 bits per heavy atom. The van der Waals surface area contributed by atoms with Crippen molar-refractivity contribution < 1.29 is 9.32 Å². The van der Waals surface area contributed by atoms with E-state index in [2.05, 4.69) is 10.3 Å². The molecule has 25 heavy (non-hydrogen) atoms. The Kier molecular flexibility index (Phi) is 4.05. The molecule has 3 heterocycles. The number of carbonyl (C=O) groups excluding carboxylic acids is 1. The molecule has 1 aliphatic rings. The van der Waals surface area contributed by atoms with Crippen LogP contribution in [0.5, 0.6) is 0 Å². The number of benzene rings is 1. The van der Waals surface area contributed by atoms with Gasteiger partial charge in [-0.2, -0.15) is 5.10 Å². The van der Waals surface area contributed by atoms with Crippen LogP contribution in [0.2, 0.25) is 5.15 Å². The monoisotopic (exact) mass is 374 g/mol. The van der Waals surface area contributed by atoms with E-state index in [9.17, 15) is 4.79 Å². The summed E-state index contributed by atoms with van der Waals surface area (Å²) in [6, 6.07) is 11.4. The summed E-state index contributed by atoms with van der Waals surface area (Å²) in [5.41, 5.74) is 2.48. The smallest absolute Gasteiger partial charge is 0.239 e. The molecule has 1 atom stereocenters. The number of aromatic nitrogens is 3. The SMILES string of the molecule is Cc1cc(N2C(=O)CSC2c2c(C)nn(-c3ccccc3)c2Cl)no1. The number of nitrogens with zero attached hydrogens (tertiary/aromatic N) is 4. The van der Waals surface area contributed by atoms with Crippen molar-refractivity contribution in [2.75, 3.05) is 10.7 Å². The molecule has 3 aromatic rings. The largest absolute Gasteiger partial charge is 0.360 e. The maximum atomic E-state index is 12.4. The van der Waals surface area contributed by atoms with Crippen LogP contribution in [-0.4, -0.2) is 26.6 Å². The first kappa shape index (κ1) is 16.2. The number of thioether (sulfide) groups is 1. The van der Waals surface area contributed by atoms with Crippen molar-refractivity contribution in [3.63, 3.8) is 0 Å². The van der Waals surface area contributed by atoms with Crippen LogP contribution in [0.3, 0.4) is 0 Å². The molecule has 0 saturated carbocycles. The highest BCUT2D eigenvalue weighted by Gasteiger charge is 2.39. The van der Waals surface area contributed by atoms with Gasteiger partial charge in [-0.05, 0) is 26.0 Å². The molecule has 8 heteroatoms. The van der Waals surface area contributed by atoms with E-state index in [1.165, 1.54) is 11.8 Å². The molecule has 1 aromatic carbocycles. The predicted molar refractivity (Wildman–Crippen MR) is 97.2 cm³/mol. The van der Waals surface area contributed by atoms with Gasteiger partial charge in [0.25, 0.3) is 0 Å². The minimum absolute atomic E-state index is 0.0220. The van der Waals surface area contributed by atoms with Gasteiger partial charge in [-0.3, -0.25) is 9.69 Å². The van der Waals surface area contributed by atoms with Crippen LogP contribution in [0.4, 0.5) is 5.82 Å². The number of hydrogen-bond acceptors (Lipinski definition) is 5. The molecule has 128 valence electrons. The number of aryl methyl sites for hydroxylation is 2. The Bertz CT molecular complexity index is 938. The lowest BCUT2D eigenvalue weighted by atomic mass is 10.2. The van der Waals surface area contributed by atoms with Crippen LogP contribution >= 0.6 is 23.4 Å². The summed E-state index contributed by atoms with van der Waals surface area (Å²) in [6.07, 6.45) is 0. The van der Waals surface area contributed by atoms with Gasteiger partial charge in [-0.1, -0.05) is 35.0 Å². The van der Waals surface area contributed by atoms with Crippen molar-refractivity contribution in [2.45, 2.75) is 19.2 Å². The lowest BCUT2D eigenvalue weighted by molar-refractivity contribution is -0.115. The van der Waals surface area contributed by atoms with Gasteiger partial charge in [0, 0.05) is 11.6 Å². The van der Waals surface area contributed by atoms with E-state index in [-0.39, 0.29) is 11.3 Å². The Balaban J connectivity index is 1.79. The summed E-state index contributed by atoms with van der Waals surface area (Å²) in [7, 11) is 0. The molecular weight excluding hydrogens is 360 g/mol. The molecule has 2 aromatic heterocycles. The van der Waals surface area contributed by atoms with Crippen molar-refractivity contribution >= 4 is 35.1 Å². The fourth-order valence-electron chi connectivity index (χ4n) is 2.88. The van der Waals surface area contributed by atoms with Crippen molar-refractivity contribution in [1.29, 1.82) is 0 Å². The maximum Gasteiger partial charge on any atom is 0.239 e.